The summed E-state index contributed by atoms with van der Waals surface area (Å²) in [5.74, 6) is 0.947. The molecule has 0 bridgehead atoms. The van der Waals surface area contributed by atoms with Gasteiger partial charge >= 0.3 is 0 Å². The molecule has 0 aromatic heterocycles. The number of hydrogen-bond donors (Lipinski definition) is 1. The molecule has 1 aliphatic rings. The highest BCUT2D eigenvalue weighted by Gasteiger charge is 2.25. The van der Waals surface area contributed by atoms with Crippen LogP contribution in [0.2, 0.25) is 0 Å². The molecule has 0 aromatic carbocycles. The standard InChI is InChI=1S/C8H14N2/c1-10-6-8-4-2-3-7(8)5-9/h7-8,10H,2-4,6H2,1H3. The molecule has 10 heavy (non-hydrogen) atoms. The molecule has 0 aromatic rings. The van der Waals surface area contributed by atoms with Crippen molar-refractivity contribution in [3.63, 3.8) is 0 Å². The molecule has 0 saturated heterocycles. The van der Waals surface area contributed by atoms with E-state index in [1.54, 1.807) is 0 Å². The fourth-order valence-electron chi connectivity index (χ4n) is 1.71. The molecule has 0 amide bonds. The average molecular weight is 138 g/mol. The molecule has 2 atom stereocenters. The van der Waals surface area contributed by atoms with Crippen molar-refractivity contribution in [2.24, 2.45) is 11.8 Å². The first-order valence-corrected chi connectivity index (χ1v) is 3.92. The maximum absolute atomic E-state index is 8.69. The minimum atomic E-state index is 0.326. The first-order valence-electron chi connectivity index (χ1n) is 3.92. The van der Waals surface area contributed by atoms with Crippen LogP contribution < -0.4 is 5.32 Å². The third-order valence-electron chi connectivity index (χ3n) is 2.29. The molecular formula is C8H14N2. The molecule has 1 aliphatic carbocycles. The highest BCUT2D eigenvalue weighted by atomic mass is 14.8. The Bertz CT molecular complexity index is 137. The van der Waals surface area contributed by atoms with Gasteiger partial charge in [0.1, 0.15) is 0 Å². The SMILES string of the molecule is CNCC1CCCC1C#N. The summed E-state index contributed by atoms with van der Waals surface area (Å²) in [5.41, 5.74) is 0. The molecule has 0 heterocycles. The van der Waals surface area contributed by atoms with Gasteiger partial charge in [-0.3, -0.25) is 0 Å². The lowest BCUT2D eigenvalue weighted by Gasteiger charge is -2.10. The van der Waals surface area contributed by atoms with Gasteiger partial charge in [0.15, 0.2) is 0 Å². The van der Waals surface area contributed by atoms with E-state index in [1.165, 1.54) is 12.8 Å². The smallest absolute Gasteiger partial charge is 0.0659 e. The monoisotopic (exact) mass is 138 g/mol. The molecule has 0 spiro atoms. The summed E-state index contributed by atoms with van der Waals surface area (Å²) < 4.78 is 0. The molecule has 2 heteroatoms. The van der Waals surface area contributed by atoms with E-state index in [4.69, 9.17) is 5.26 Å². The van der Waals surface area contributed by atoms with Crippen molar-refractivity contribution in [1.29, 1.82) is 5.26 Å². The third-order valence-corrected chi connectivity index (χ3v) is 2.29. The zero-order valence-corrected chi connectivity index (χ0v) is 6.43. The Kier molecular flexibility index (Phi) is 2.70. The quantitative estimate of drug-likeness (QED) is 0.621. The normalized spacial score (nSPS) is 32.0. The molecule has 0 aliphatic heterocycles. The fraction of sp³-hybridized carbons (Fsp3) is 0.875. The van der Waals surface area contributed by atoms with Gasteiger partial charge in [-0.2, -0.15) is 5.26 Å². The van der Waals surface area contributed by atoms with E-state index in [-0.39, 0.29) is 0 Å². The van der Waals surface area contributed by atoms with Gasteiger partial charge in [-0.1, -0.05) is 6.42 Å². The highest BCUT2D eigenvalue weighted by molar-refractivity contribution is 4.92. The zero-order valence-electron chi connectivity index (χ0n) is 6.43. The predicted octanol–water partition coefficient (Wildman–Crippen LogP) is 1.15. The molecule has 1 rings (SSSR count). The van der Waals surface area contributed by atoms with Gasteiger partial charge in [0.05, 0.1) is 12.0 Å². The summed E-state index contributed by atoms with van der Waals surface area (Å²) in [4.78, 5) is 0. The van der Waals surface area contributed by atoms with Gasteiger partial charge < -0.3 is 5.32 Å². The van der Waals surface area contributed by atoms with E-state index in [2.05, 4.69) is 11.4 Å². The van der Waals surface area contributed by atoms with Gasteiger partial charge in [-0.25, -0.2) is 0 Å². The maximum Gasteiger partial charge on any atom is 0.0659 e. The zero-order chi connectivity index (χ0) is 7.40. The fourth-order valence-corrected chi connectivity index (χ4v) is 1.71. The Morgan fingerprint density at radius 2 is 2.40 bits per heavy atom. The van der Waals surface area contributed by atoms with Crippen molar-refractivity contribution in [2.45, 2.75) is 19.3 Å². The van der Waals surface area contributed by atoms with Crippen LogP contribution in [0.15, 0.2) is 0 Å². The van der Waals surface area contributed by atoms with Crippen molar-refractivity contribution in [1.82, 2.24) is 5.32 Å². The van der Waals surface area contributed by atoms with Gasteiger partial charge in [-0.05, 0) is 32.4 Å². The van der Waals surface area contributed by atoms with Crippen LogP contribution in [-0.4, -0.2) is 13.6 Å². The number of nitrogens with one attached hydrogen (secondary N) is 1. The van der Waals surface area contributed by atoms with Crippen molar-refractivity contribution >= 4 is 0 Å². The Morgan fingerprint density at radius 3 is 3.00 bits per heavy atom. The van der Waals surface area contributed by atoms with Crippen LogP contribution in [0.3, 0.4) is 0 Å². The van der Waals surface area contributed by atoms with E-state index in [0.717, 1.165) is 13.0 Å². The highest BCUT2D eigenvalue weighted by Crippen LogP contribution is 2.30. The van der Waals surface area contributed by atoms with Crippen molar-refractivity contribution in [2.75, 3.05) is 13.6 Å². The van der Waals surface area contributed by atoms with E-state index >= 15 is 0 Å². The Labute approximate surface area is 62.2 Å². The van der Waals surface area contributed by atoms with Crippen LogP contribution in [0, 0.1) is 23.2 Å². The van der Waals surface area contributed by atoms with Crippen LogP contribution in [0.4, 0.5) is 0 Å². The van der Waals surface area contributed by atoms with Gasteiger partial charge in [0.25, 0.3) is 0 Å². The Balaban J connectivity index is 2.36. The van der Waals surface area contributed by atoms with Crippen LogP contribution >= 0.6 is 0 Å². The van der Waals surface area contributed by atoms with E-state index in [9.17, 15) is 0 Å². The molecule has 1 saturated carbocycles. The van der Waals surface area contributed by atoms with Gasteiger partial charge in [0, 0.05) is 0 Å². The summed E-state index contributed by atoms with van der Waals surface area (Å²) in [5, 5.41) is 11.8. The topological polar surface area (TPSA) is 35.8 Å². The third kappa shape index (κ3) is 1.48. The van der Waals surface area contributed by atoms with Crippen LogP contribution in [0.1, 0.15) is 19.3 Å². The summed E-state index contributed by atoms with van der Waals surface area (Å²) in [6, 6.07) is 2.36. The lowest BCUT2D eigenvalue weighted by molar-refractivity contribution is 0.447. The molecule has 2 nitrogen and oxygen atoms in total. The summed E-state index contributed by atoms with van der Waals surface area (Å²) >= 11 is 0. The number of nitriles is 1. The average Bonchev–Trinajstić information content (AvgIpc) is 2.36. The second-order valence-electron chi connectivity index (χ2n) is 2.98. The Morgan fingerprint density at radius 1 is 1.60 bits per heavy atom. The maximum atomic E-state index is 8.69. The first-order chi connectivity index (χ1) is 4.88. The minimum absolute atomic E-state index is 0.326. The van der Waals surface area contributed by atoms with Crippen LogP contribution in [0.5, 0.6) is 0 Å². The Hall–Kier alpha value is -0.550. The van der Waals surface area contributed by atoms with Crippen molar-refractivity contribution < 1.29 is 0 Å². The molecule has 1 fully saturated rings. The lowest BCUT2D eigenvalue weighted by atomic mass is 9.98. The molecular weight excluding hydrogens is 124 g/mol. The van der Waals surface area contributed by atoms with E-state index in [0.29, 0.717) is 11.8 Å². The largest absolute Gasteiger partial charge is 0.319 e. The van der Waals surface area contributed by atoms with E-state index in [1.807, 2.05) is 7.05 Å². The molecule has 2 unspecified atom stereocenters. The first kappa shape index (κ1) is 7.56. The lowest BCUT2D eigenvalue weighted by Crippen LogP contribution is -2.20. The summed E-state index contributed by atoms with van der Waals surface area (Å²) in [6.45, 7) is 1.01. The number of rotatable bonds is 2. The number of nitrogens with zero attached hydrogens (tertiary/aromatic N) is 1. The minimum Gasteiger partial charge on any atom is -0.319 e. The molecule has 56 valence electrons. The second kappa shape index (κ2) is 3.58. The van der Waals surface area contributed by atoms with Gasteiger partial charge in [-0.15, -0.1) is 0 Å². The predicted molar refractivity (Wildman–Crippen MR) is 40.4 cm³/mol. The van der Waals surface area contributed by atoms with E-state index < -0.39 is 0 Å². The molecule has 1 N–H and O–H groups in total. The van der Waals surface area contributed by atoms with Crippen LogP contribution in [0.25, 0.3) is 0 Å². The summed E-state index contributed by atoms with van der Waals surface area (Å²) in [7, 11) is 1.95. The second-order valence-corrected chi connectivity index (χ2v) is 2.98. The number of hydrogen-bond acceptors (Lipinski definition) is 2. The molecule has 0 radical (unpaired) electrons. The van der Waals surface area contributed by atoms with Crippen LogP contribution in [-0.2, 0) is 0 Å². The van der Waals surface area contributed by atoms with Crippen molar-refractivity contribution in [3.05, 3.63) is 0 Å². The van der Waals surface area contributed by atoms with Crippen molar-refractivity contribution in [3.8, 4) is 6.07 Å². The summed E-state index contributed by atoms with van der Waals surface area (Å²) in [6.07, 6.45) is 3.59. The van der Waals surface area contributed by atoms with Gasteiger partial charge in [0.2, 0.25) is 0 Å².